The van der Waals surface area contributed by atoms with E-state index in [0.717, 1.165) is 0 Å². The van der Waals surface area contributed by atoms with Gasteiger partial charge in [-0.15, -0.1) is 0 Å². The number of methoxy groups -OCH3 is 1. The highest BCUT2D eigenvalue weighted by atomic mass is 32.2. The van der Waals surface area contributed by atoms with Crippen LogP contribution in [0.3, 0.4) is 0 Å². The predicted molar refractivity (Wildman–Crippen MR) is 71.6 cm³/mol. The van der Waals surface area contributed by atoms with Gasteiger partial charge < -0.3 is 10.1 Å². The first-order valence-corrected chi connectivity index (χ1v) is 7.56. The minimum Gasteiger partial charge on any atom is -0.496 e. The third-order valence-electron chi connectivity index (χ3n) is 2.63. The average Bonchev–Trinajstić information content (AvgIpc) is 2.37. The van der Waals surface area contributed by atoms with Crippen LogP contribution in [0.25, 0.3) is 0 Å². The van der Waals surface area contributed by atoms with Gasteiger partial charge in [-0.05, 0) is 25.2 Å². The van der Waals surface area contributed by atoms with E-state index >= 15 is 0 Å². The van der Waals surface area contributed by atoms with E-state index in [0.29, 0.717) is 17.9 Å². The molecule has 0 spiro atoms. The maximum Gasteiger partial charge on any atom is 0.390 e. The highest BCUT2D eigenvalue weighted by Crippen LogP contribution is 2.23. The molecule has 0 radical (unpaired) electrons. The zero-order chi connectivity index (χ0) is 16.1. The summed E-state index contributed by atoms with van der Waals surface area (Å²) in [6.45, 7) is -0.325. The summed E-state index contributed by atoms with van der Waals surface area (Å²) >= 11 is 0. The van der Waals surface area contributed by atoms with Crippen molar-refractivity contribution in [3.05, 3.63) is 23.8 Å². The van der Waals surface area contributed by atoms with Crippen LogP contribution in [0.1, 0.15) is 12.0 Å². The second-order valence-electron chi connectivity index (χ2n) is 4.27. The van der Waals surface area contributed by atoms with Gasteiger partial charge >= 0.3 is 6.18 Å². The number of rotatable bonds is 7. The van der Waals surface area contributed by atoms with Crippen LogP contribution in [0, 0.1) is 0 Å². The van der Waals surface area contributed by atoms with Crippen molar-refractivity contribution in [2.45, 2.75) is 24.0 Å². The number of nitrogens with one attached hydrogen (secondary N) is 2. The van der Waals surface area contributed by atoms with Crippen molar-refractivity contribution in [2.75, 3.05) is 20.7 Å². The van der Waals surface area contributed by atoms with Crippen molar-refractivity contribution in [3.63, 3.8) is 0 Å². The molecule has 9 heteroatoms. The lowest BCUT2D eigenvalue weighted by atomic mass is 10.2. The molecule has 0 aliphatic carbocycles. The van der Waals surface area contributed by atoms with Crippen molar-refractivity contribution < 1.29 is 26.3 Å². The summed E-state index contributed by atoms with van der Waals surface area (Å²) in [6.07, 6.45) is -5.62. The fourth-order valence-corrected chi connectivity index (χ4v) is 2.74. The maximum absolute atomic E-state index is 12.0. The number of hydrogen-bond acceptors (Lipinski definition) is 4. The molecule has 0 saturated heterocycles. The van der Waals surface area contributed by atoms with Gasteiger partial charge in [-0.1, -0.05) is 0 Å². The fraction of sp³-hybridized carbons (Fsp3) is 0.500. The summed E-state index contributed by atoms with van der Waals surface area (Å²) in [4.78, 5) is -0.101. The number of halogens is 3. The van der Waals surface area contributed by atoms with Crippen LogP contribution >= 0.6 is 0 Å². The van der Waals surface area contributed by atoms with E-state index < -0.39 is 29.2 Å². The van der Waals surface area contributed by atoms with Crippen LogP contribution in [-0.2, 0) is 16.6 Å². The largest absolute Gasteiger partial charge is 0.496 e. The topological polar surface area (TPSA) is 67.4 Å². The van der Waals surface area contributed by atoms with Crippen LogP contribution in [0.4, 0.5) is 13.2 Å². The molecular formula is C12H17F3N2O3S. The molecule has 21 heavy (non-hydrogen) atoms. The Kier molecular flexibility index (Phi) is 5.99. The Morgan fingerprint density at radius 1 is 1.29 bits per heavy atom. The van der Waals surface area contributed by atoms with E-state index in [1.807, 2.05) is 4.72 Å². The molecule has 1 aromatic carbocycles. The smallest absolute Gasteiger partial charge is 0.390 e. The summed E-state index contributed by atoms with van der Waals surface area (Å²) in [5.41, 5.74) is 0.596. The van der Waals surface area contributed by atoms with Gasteiger partial charge in [0, 0.05) is 18.7 Å². The monoisotopic (exact) mass is 326 g/mol. The first-order chi connectivity index (χ1) is 9.69. The molecule has 1 rings (SSSR count). The Bertz CT molecular complexity index is 574. The lowest BCUT2D eigenvalue weighted by Crippen LogP contribution is -2.28. The molecular weight excluding hydrogens is 309 g/mol. The molecule has 0 saturated carbocycles. The number of ether oxygens (including phenoxy) is 1. The number of hydrogen-bond donors (Lipinski definition) is 2. The van der Waals surface area contributed by atoms with E-state index in [4.69, 9.17) is 4.74 Å². The van der Waals surface area contributed by atoms with Crippen molar-refractivity contribution in [1.29, 1.82) is 0 Å². The molecule has 120 valence electrons. The average molecular weight is 326 g/mol. The maximum atomic E-state index is 12.0. The normalized spacial score (nSPS) is 12.4. The summed E-state index contributed by atoms with van der Waals surface area (Å²) in [5.74, 6) is 0.499. The predicted octanol–water partition coefficient (Wildman–Crippen LogP) is 1.65. The highest BCUT2D eigenvalue weighted by Gasteiger charge is 2.27. The standard InChI is InChI=1S/C12H17F3N2O3S/c1-16-8-9-7-10(3-4-11(9)20-2)21(18,19)17-6-5-12(13,14)15/h3-4,7,16-17H,5-6,8H2,1-2H3. The first kappa shape index (κ1) is 17.7. The zero-order valence-corrected chi connectivity index (χ0v) is 12.4. The number of alkyl halides is 3. The van der Waals surface area contributed by atoms with Gasteiger partial charge in [0.25, 0.3) is 0 Å². The Morgan fingerprint density at radius 3 is 2.48 bits per heavy atom. The zero-order valence-electron chi connectivity index (χ0n) is 11.6. The molecule has 0 amide bonds. The van der Waals surface area contributed by atoms with Crippen molar-refractivity contribution in [2.24, 2.45) is 0 Å². The van der Waals surface area contributed by atoms with Crippen LogP contribution < -0.4 is 14.8 Å². The van der Waals surface area contributed by atoms with Gasteiger partial charge in [-0.2, -0.15) is 13.2 Å². The van der Waals surface area contributed by atoms with Gasteiger partial charge in [-0.25, -0.2) is 13.1 Å². The third kappa shape index (κ3) is 5.52. The Labute approximate surface area is 121 Å². The molecule has 0 atom stereocenters. The van der Waals surface area contributed by atoms with Gasteiger partial charge in [0.1, 0.15) is 5.75 Å². The van der Waals surface area contributed by atoms with E-state index in [1.54, 1.807) is 7.05 Å². The SMILES string of the molecule is CNCc1cc(S(=O)(=O)NCCC(F)(F)F)ccc1OC. The van der Waals surface area contributed by atoms with Crippen LogP contribution in [0.15, 0.2) is 23.1 Å². The van der Waals surface area contributed by atoms with Gasteiger partial charge in [0.2, 0.25) is 10.0 Å². The molecule has 0 fully saturated rings. The molecule has 5 nitrogen and oxygen atoms in total. The van der Waals surface area contributed by atoms with Gasteiger partial charge in [0.15, 0.2) is 0 Å². The summed E-state index contributed by atoms with van der Waals surface area (Å²) in [7, 11) is -0.850. The molecule has 0 aliphatic heterocycles. The molecule has 0 aromatic heterocycles. The van der Waals surface area contributed by atoms with Crippen LogP contribution in [0.5, 0.6) is 5.75 Å². The molecule has 0 heterocycles. The summed E-state index contributed by atoms with van der Waals surface area (Å²) in [5, 5.41) is 2.86. The number of benzene rings is 1. The number of sulfonamides is 1. The molecule has 0 aliphatic rings. The first-order valence-electron chi connectivity index (χ1n) is 6.07. The van der Waals surface area contributed by atoms with Gasteiger partial charge in [-0.3, -0.25) is 0 Å². The van der Waals surface area contributed by atoms with Crippen LogP contribution in [0.2, 0.25) is 0 Å². The fourth-order valence-electron chi connectivity index (χ4n) is 1.66. The van der Waals surface area contributed by atoms with E-state index in [9.17, 15) is 21.6 Å². The second kappa shape index (κ2) is 7.10. The van der Waals surface area contributed by atoms with E-state index in [-0.39, 0.29) is 4.90 Å². The molecule has 2 N–H and O–H groups in total. The lowest BCUT2D eigenvalue weighted by molar-refractivity contribution is -0.132. The van der Waals surface area contributed by atoms with Crippen molar-refractivity contribution in [3.8, 4) is 5.75 Å². The van der Waals surface area contributed by atoms with E-state index in [2.05, 4.69) is 5.32 Å². The minimum atomic E-state index is -4.40. The quantitative estimate of drug-likeness (QED) is 0.799. The third-order valence-corrected chi connectivity index (χ3v) is 4.09. The Morgan fingerprint density at radius 2 is 1.95 bits per heavy atom. The van der Waals surface area contributed by atoms with Gasteiger partial charge in [0.05, 0.1) is 18.4 Å². The van der Waals surface area contributed by atoms with Crippen molar-refractivity contribution >= 4 is 10.0 Å². The Hall–Kier alpha value is -1.32. The van der Waals surface area contributed by atoms with E-state index in [1.165, 1.54) is 25.3 Å². The highest BCUT2D eigenvalue weighted by molar-refractivity contribution is 7.89. The summed E-state index contributed by atoms with van der Waals surface area (Å²) < 4.78 is 67.0. The molecule has 0 unspecified atom stereocenters. The Balaban J connectivity index is 2.90. The second-order valence-corrected chi connectivity index (χ2v) is 6.03. The lowest BCUT2D eigenvalue weighted by Gasteiger charge is -2.12. The molecule has 0 bridgehead atoms. The molecule has 1 aromatic rings. The minimum absolute atomic E-state index is 0.101. The summed E-state index contributed by atoms with van der Waals surface area (Å²) in [6, 6.07) is 4.12. The van der Waals surface area contributed by atoms with Crippen molar-refractivity contribution in [1.82, 2.24) is 10.0 Å². The van der Waals surface area contributed by atoms with Crippen LogP contribution in [-0.4, -0.2) is 35.3 Å².